The molecule has 21 heavy (non-hydrogen) atoms. The van der Waals surface area contributed by atoms with Gasteiger partial charge in [-0.15, -0.1) is 0 Å². The first-order valence-electron chi connectivity index (χ1n) is 6.30. The zero-order valence-corrected chi connectivity index (χ0v) is 11.5. The Balaban J connectivity index is 2.40. The van der Waals surface area contributed by atoms with Crippen LogP contribution >= 0.6 is 0 Å². The van der Waals surface area contributed by atoms with Gasteiger partial charge in [0.05, 0.1) is 16.7 Å². The number of nitrogens with zero attached hydrogens (tertiary/aromatic N) is 3. The first-order chi connectivity index (χ1) is 9.88. The minimum atomic E-state index is -1.03. The molecule has 0 saturated carbocycles. The Morgan fingerprint density at radius 2 is 2.14 bits per heavy atom. The predicted molar refractivity (Wildman–Crippen MR) is 72.1 cm³/mol. The van der Waals surface area contributed by atoms with Crippen LogP contribution in [-0.2, 0) is 6.54 Å². The van der Waals surface area contributed by atoms with Crippen molar-refractivity contribution in [1.82, 2.24) is 15.1 Å². The van der Waals surface area contributed by atoms with Gasteiger partial charge >= 0.3 is 5.69 Å². The second kappa shape index (κ2) is 5.96. The topological polar surface area (TPSA) is 73.0 Å². The van der Waals surface area contributed by atoms with Gasteiger partial charge in [0, 0.05) is 24.8 Å². The molecule has 6 nitrogen and oxygen atoms in total. The van der Waals surface area contributed by atoms with Gasteiger partial charge in [-0.2, -0.15) is 5.10 Å². The van der Waals surface area contributed by atoms with Crippen LogP contribution in [0.3, 0.4) is 0 Å². The van der Waals surface area contributed by atoms with E-state index in [-0.39, 0.29) is 11.7 Å². The summed E-state index contributed by atoms with van der Waals surface area (Å²) in [6.45, 7) is 4.37. The lowest BCUT2D eigenvalue weighted by Gasteiger charge is -2.06. The highest BCUT2D eigenvalue weighted by molar-refractivity contribution is 5.53. The highest BCUT2D eigenvalue weighted by Gasteiger charge is 2.22. The normalized spacial score (nSPS) is 11.1. The summed E-state index contributed by atoms with van der Waals surface area (Å²) in [5.41, 5.74) is -0.446. The molecule has 0 spiro atoms. The van der Waals surface area contributed by atoms with Crippen molar-refractivity contribution in [1.29, 1.82) is 0 Å². The quantitative estimate of drug-likeness (QED) is 0.680. The predicted octanol–water partition coefficient (Wildman–Crippen LogP) is 2.56. The van der Waals surface area contributed by atoms with Crippen molar-refractivity contribution in [3.05, 3.63) is 51.8 Å². The molecule has 0 aliphatic heterocycles. The third kappa shape index (κ3) is 3.40. The van der Waals surface area contributed by atoms with Crippen LogP contribution in [0.25, 0.3) is 5.69 Å². The van der Waals surface area contributed by atoms with Gasteiger partial charge in [-0.1, -0.05) is 13.8 Å². The molecule has 0 fully saturated rings. The van der Waals surface area contributed by atoms with Crippen molar-refractivity contribution in [3.63, 3.8) is 0 Å². The molecule has 1 heterocycles. The van der Waals surface area contributed by atoms with Crippen molar-refractivity contribution in [2.45, 2.75) is 26.4 Å². The molecular formula is C13H14F2N4O2. The molecule has 2 rings (SSSR count). The monoisotopic (exact) mass is 296 g/mol. The molecule has 1 aromatic carbocycles. The number of rotatable bonds is 5. The summed E-state index contributed by atoms with van der Waals surface area (Å²) >= 11 is 0. The van der Waals surface area contributed by atoms with Gasteiger partial charge in [-0.3, -0.25) is 10.1 Å². The van der Waals surface area contributed by atoms with Crippen LogP contribution in [0.1, 0.15) is 19.5 Å². The molecule has 2 aromatic rings. The van der Waals surface area contributed by atoms with Crippen molar-refractivity contribution in [3.8, 4) is 5.69 Å². The highest BCUT2D eigenvalue weighted by atomic mass is 19.1. The van der Waals surface area contributed by atoms with E-state index in [1.54, 1.807) is 6.07 Å². The molecule has 112 valence electrons. The van der Waals surface area contributed by atoms with Crippen molar-refractivity contribution in [2.24, 2.45) is 0 Å². The summed E-state index contributed by atoms with van der Waals surface area (Å²) in [5.74, 6) is -2.04. The van der Waals surface area contributed by atoms with Gasteiger partial charge in [-0.25, -0.2) is 13.5 Å². The molecule has 0 bridgehead atoms. The van der Waals surface area contributed by atoms with Crippen LogP contribution in [0.15, 0.2) is 24.4 Å². The fraction of sp³-hybridized carbons (Fsp3) is 0.308. The summed E-state index contributed by atoms with van der Waals surface area (Å²) in [6, 6.07) is 3.12. The van der Waals surface area contributed by atoms with E-state index in [1.165, 1.54) is 6.20 Å². The first kappa shape index (κ1) is 15.0. The summed E-state index contributed by atoms with van der Waals surface area (Å²) in [5, 5.41) is 18.1. The van der Waals surface area contributed by atoms with E-state index in [0.717, 1.165) is 4.68 Å². The Bertz CT molecular complexity index is 670. The van der Waals surface area contributed by atoms with E-state index in [0.29, 0.717) is 24.4 Å². The van der Waals surface area contributed by atoms with E-state index in [9.17, 15) is 18.9 Å². The number of nitro groups is 1. The van der Waals surface area contributed by atoms with Crippen LogP contribution in [0.2, 0.25) is 0 Å². The largest absolute Gasteiger partial charge is 0.309 e. The lowest BCUT2D eigenvalue weighted by Crippen LogP contribution is -2.22. The van der Waals surface area contributed by atoms with Crippen molar-refractivity contribution >= 4 is 5.69 Å². The van der Waals surface area contributed by atoms with Gasteiger partial charge in [0.1, 0.15) is 5.82 Å². The second-order valence-corrected chi connectivity index (χ2v) is 4.80. The van der Waals surface area contributed by atoms with Crippen LogP contribution in [-0.4, -0.2) is 20.7 Å². The maximum atomic E-state index is 13.9. The minimum Gasteiger partial charge on any atom is -0.309 e. The van der Waals surface area contributed by atoms with Gasteiger partial charge in [-0.05, 0) is 6.07 Å². The molecular weight excluding hydrogens is 282 g/mol. The van der Waals surface area contributed by atoms with Gasteiger partial charge in [0.25, 0.3) is 0 Å². The van der Waals surface area contributed by atoms with Crippen LogP contribution < -0.4 is 5.32 Å². The molecule has 0 amide bonds. The number of hydrogen-bond donors (Lipinski definition) is 1. The van der Waals surface area contributed by atoms with E-state index in [2.05, 4.69) is 10.4 Å². The van der Waals surface area contributed by atoms with E-state index < -0.39 is 22.2 Å². The molecule has 0 radical (unpaired) electrons. The Kier molecular flexibility index (Phi) is 4.27. The summed E-state index contributed by atoms with van der Waals surface area (Å²) in [6.07, 6.45) is 1.40. The molecule has 0 atom stereocenters. The Labute approximate surface area is 119 Å². The highest BCUT2D eigenvalue weighted by Crippen LogP contribution is 2.26. The Hall–Kier alpha value is -2.35. The van der Waals surface area contributed by atoms with Gasteiger partial charge in [0.2, 0.25) is 0 Å². The number of aromatic nitrogens is 2. The van der Waals surface area contributed by atoms with Gasteiger partial charge in [0.15, 0.2) is 11.5 Å². The van der Waals surface area contributed by atoms with E-state index in [1.807, 2.05) is 13.8 Å². The van der Waals surface area contributed by atoms with Gasteiger partial charge < -0.3 is 5.32 Å². The lowest BCUT2D eigenvalue weighted by atomic mass is 10.2. The van der Waals surface area contributed by atoms with E-state index >= 15 is 0 Å². The second-order valence-electron chi connectivity index (χ2n) is 4.80. The van der Waals surface area contributed by atoms with E-state index in [4.69, 9.17) is 0 Å². The molecule has 0 aliphatic carbocycles. The van der Waals surface area contributed by atoms with Crippen LogP contribution in [0.4, 0.5) is 14.5 Å². The minimum absolute atomic E-state index is 0.243. The molecule has 0 saturated heterocycles. The average molecular weight is 296 g/mol. The number of benzene rings is 1. The van der Waals surface area contributed by atoms with Crippen molar-refractivity contribution < 1.29 is 13.7 Å². The lowest BCUT2D eigenvalue weighted by molar-refractivity contribution is -0.385. The smallest absolute Gasteiger partial charge is 0.300 e. The number of nitrogens with one attached hydrogen (secondary N) is 1. The summed E-state index contributed by atoms with van der Waals surface area (Å²) in [7, 11) is 0. The number of hydrogen-bond acceptors (Lipinski definition) is 4. The number of halogens is 2. The van der Waals surface area contributed by atoms with Crippen molar-refractivity contribution in [2.75, 3.05) is 0 Å². The third-order valence-corrected chi connectivity index (χ3v) is 2.77. The fourth-order valence-electron chi connectivity index (χ4n) is 1.81. The molecule has 0 aliphatic rings. The SMILES string of the molecule is CC(C)NCc1ccn(-c2c(F)cc(F)cc2[N+](=O)[O-])n1. The van der Waals surface area contributed by atoms with Crippen LogP contribution in [0, 0.1) is 21.7 Å². The molecule has 1 N–H and O–H groups in total. The summed E-state index contributed by atoms with van der Waals surface area (Å²) in [4.78, 5) is 10.1. The molecule has 8 heteroatoms. The standard InChI is InChI=1S/C13H14F2N4O2/c1-8(2)16-7-10-3-4-18(17-10)13-11(15)5-9(14)6-12(13)19(20)21/h3-6,8,16H,7H2,1-2H3. The number of nitro benzene ring substituents is 1. The zero-order chi connectivity index (χ0) is 15.6. The molecule has 1 aromatic heterocycles. The maximum Gasteiger partial charge on any atom is 0.300 e. The first-order valence-corrected chi connectivity index (χ1v) is 6.30. The maximum absolute atomic E-state index is 13.9. The fourth-order valence-corrected chi connectivity index (χ4v) is 1.81. The zero-order valence-electron chi connectivity index (χ0n) is 11.5. The Morgan fingerprint density at radius 1 is 1.43 bits per heavy atom. The molecule has 0 unspecified atom stereocenters. The summed E-state index contributed by atoms with van der Waals surface area (Å²) < 4.78 is 28.0. The third-order valence-electron chi connectivity index (χ3n) is 2.77. The van der Waals surface area contributed by atoms with Crippen LogP contribution in [0.5, 0.6) is 0 Å². The average Bonchev–Trinajstić information content (AvgIpc) is 2.83. The Morgan fingerprint density at radius 3 is 2.76 bits per heavy atom.